The lowest BCUT2D eigenvalue weighted by atomic mass is 10.1. The summed E-state index contributed by atoms with van der Waals surface area (Å²) in [6.07, 6.45) is 1.24. The molecule has 0 spiro atoms. The summed E-state index contributed by atoms with van der Waals surface area (Å²) in [5, 5.41) is 5.68. The van der Waals surface area contributed by atoms with Crippen LogP contribution in [0, 0.1) is 0 Å². The number of hydrogen-bond acceptors (Lipinski definition) is 4. The van der Waals surface area contributed by atoms with Crippen LogP contribution in [-0.4, -0.2) is 56.0 Å². The van der Waals surface area contributed by atoms with Crippen molar-refractivity contribution in [3.63, 3.8) is 0 Å². The number of hydrogen-bond donors (Lipinski definition) is 2. The minimum atomic E-state index is -3.02. The third kappa shape index (κ3) is 5.54. The fraction of sp³-hybridized carbons (Fsp3) is 0.500. The number of carbonyl (C=O) groups is 2. The number of amides is 2. The van der Waals surface area contributed by atoms with Gasteiger partial charge in [0.15, 0.2) is 0 Å². The van der Waals surface area contributed by atoms with Crippen LogP contribution in [0.1, 0.15) is 23.2 Å². The lowest BCUT2D eigenvalue weighted by molar-refractivity contribution is -0.124. The van der Waals surface area contributed by atoms with E-state index >= 15 is 0 Å². The summed E-state index contributed by atoms with van der Waals surface area (Å²) in [6.45, 7) is -1.53. The SMILES string of the molecule is CNCCNC(=O)C1CCCN1C(=O)c1ccccc1OC(F)F.Cl. The molecule has 1 heterocycles. The Balaban J connectivity index is 0.00000312. The molecule has 9 heteroatoms. The van der Waals surface area contributed by atoms with Crippen LogP contribution in [-0.2, 0) is 4.79 Å². The molecular formula is C16H22ClF2N3O3. The monoisotopic (exact) mass is 377 g/mol. The van der Waals surface area contributed by atoms with Crippen molar-refractivity contribution in [3.8, 4) is 5.75 Å². The summed E-state index contributed by atoms with van der Waals surface area (Å²) >= 11 is 0. The van der Waals surface area contributed by atoms with Gasteiger partial charge in [0.1, 0.15) is 11.8 Å². The first kappa shape index (κ1) is 21.1. The van der Waals surface area contributed by atoms with Crippen LogP contribution in [0.3, 0.4) is 0 Å². The van der Waals surface area contributed by atoms with E-state index in [1.807, 2.05) is 0 Å². The minimum Gasteiger partial charge on any atom is -0.434 e. The molecule has 6 nitrogen and oxygen atoms in total. The number of rotatable bonds is 7. The summed E-state index contributed by atoms with van der Waals surface area (Å²) in [5.41, 5.74) is 0.0349. The largest absolute Gasteiger partial charge is 0.434 e. The van der Waals surface area contributed by atoms with Crippen LogP contribution >= 0.6 is 12.4 Å². The molecule has 0 aromatic heterocycles. The second-order valence-electron chi connectivity index (χ2n) is 5.43. The van der Waals surface area contributed by atoms with E-state index < -0.39 is 18.6 Å². The molecule has 2 amide bonds. The van der Waals surface area contributed by atoms with Crippen molar-refractivity contribution in [2.45, 2.75) is 25.5 Å². The molecule has 1 unspecified atom stereocenters. The van der Waals surface area contributed by atoms with Crippen LogP contribution in [0.4, 0.5) is 8.78 Å². The molecule has 140 valence electrons. The van der Waals surface area contributed by atoms with Gasteiger partial charge in [-0.2, -0.15) is 8.78 Å². The van der Waals surface area contributed by atoms with Gasteiger partial charge < -0.3 is 20.3 Å². The Kier molecular flexibility index (Phi) is 8.57. The molecule has 0 saturated carbocycles. The van der Waals surface area contributed by atoms with Gasteiger partial charge in [-0.15, -0.1) is 12.4 Å². The van der Waals surface area contributed by atoms with Gasteiger partial charge in [-0.3, -0.25) is 9.59 Å². The number of halogens is 3. The van der Waals surface area contributed by atoms with E-state index in [-0.39, 0.29) is 29.6 Å². The summed E-state index contributed by atoms with van der Waals surface area (Å²) in [4.78, 5) is 26.4. The normalized spacial score (nSPS) is 16.5. The Morgan fingerprint density at radius 1 is 1.32 bits per heavy atom. The second kappa shape index (κ2) is 10.1. The molecule has 2 rings (SSSR count). The molecule has 1 saturated heterocycles. The lowest BCUT2D eigenvalue weighted by Crippen LogP contribution is -2.47. The quantitative estimate of drug-likeness (QED) is 0.709. The highest BCUT2D eigenvalue weighted by Crippen LogP contribution is 2.26. The average molecular weight is 378 g/mol. The standard InChI is InChI=1S/C16H21F2N3O3.ClH/c1-19-8-9-20-14(22)12-6-4-10-21(12)15(23)11-5-2-3-7-13(11)24-16(17)18;/h2-3,5,7,12,16,19H,4,6,8-10H2,1H3,(H,20,22);1H. The number of likely N-dealkylation sites (tertiary alicyclic amines) is 1. The number of benzene rings is 1. The molecule has 2 N–H and O–H groups in total. The molecule has 1 fully saturated rings. The van der Waals surface area contributed by atoms with Crippen molar-refractivity contribution in [2.75, 3.05) is 26.7 Å². The maximum atomic E-state index is 12.7. The van der Waals surface area contributed by atoms with Crippen LogP contribution in [0.2, 0.25) is 0 Å². The van der Waals surface area contributed by atoms with E-state index in [1.54, 1.807) is 13.1 Å². The third-order valence-corrected chi connectivity index (χ3v) is 3.82. The van der Waals surface area contributed by atoms with E-state index in [4.69, 9.17) is 0 Å². The smallest absolute Gasteiger partial charge is 0.387 e. The Hall–Kier alpha value is -1.93. The fourth-order valence-corrected chi connectivity index (χ4v) is 2.71. The Morgan fingerprint density at radius 3 is 2.72 bits per heavy atom. The van der Waals surface area contributed by atoms with Gasteiger partial charge in [-0.1, -0.05) is 12.1 Å². The highest BCUT2D eigenvalue weighted by molar-refractivity contribution is 6.00. The maximum absolute atomic E-state index is 12.7. The highest BCUT2D eigenvalue weighted by Gasteiger charge is 2.35. The molecule has 1 aliphatic rings. The summed E-state index contributed by atoms with van der Waals surface area (Å²) in [6, 6.07) is 5.24. The van der Waals surface area contributed by atoms with Crippen molar-refractivity contribution in [1.82, 2.24) is 15.5 Å². The third-order valence-electron chi connectivity index (χ3n) is 3.82. The first-order valence-corrected chi connectivity index (χ1v) is 7.81. The van der Waals surface area contributed by atoms with Crippen LogP contribution < -0.4 is 15.4 Å². The number of carbonyl (C=O) groups excluding carboxylic acids is 2. The second-order valence-corrected chi connectivity index (χ2v) is 5.43. The molecule has 1 aliphatic heterocycles. The van der Waals surface area contributed by atoms with Gasteiger partial charge in [0, 0.05) is 19.6 Å². The number of nitrogens with zero attached hydrogens (tertiary/aromatic N) is 1. The molecule has 1 aromatic carbocycles. The van der Waals surface area contributed by atoms with Crippen molar-refractivity contribution < 1.29 is 23.1 Å². The maximum Gasteiger partial charge on any atom is 0.387 e. The number of ether oxygens (including phenoxy) is 1. The van der Waals surface area contributed by atoms with Crippen LogP contribution in [0.5, 0.6) is 5.75 Å². The predicted molar refractivity (Wildman–Crippen MR) is 91.3 cm³/mol. The van der Waals surface area contributed by atoms with E-state index in [0.29, 0.717) is 32.5 Å². The number of para-hydroxylation sites is 1. The van der Waals surface area contributed by atoms with Gasteiger partial charge in [-0.05, 0) is 32.0 Å². The van der Waals surface area contributed by atoms with Gasteiger partial charge in [0.05, 0.1) is 5.56 Å². The molecule has 0 bridgehead atoms. The average Bonchev–Trinajstić information content (AvgIpc) is 3.04. The van der Waals surface area contributed by atoms with Crippen molar-refractivity contribution in [1.29, 1.82) is 0 Å². The molecule has 1 aromatic rings. The van der Waals surface area contributed by atoms with Gasteiger partial charge in [0.25, 0.3) is 5.91 Å². The Morgan fingerprint density at radius 2 is 2.04 bits per heavy atom. The number of likely N-dealkylation sites (N-methyl/N-ethyl adjacent to an activating group) is 1. The molecule has 1 atom stereocenters. The summed E-state index contributed by atoms with van der Waals surface area (Å²) < 4.78 is 29.4. The minimum absolute atomic E-state index is 0. The summed E-state index contributed by atoms with van der Waals surface area (Å²) in [5.74, 6) is -0.889. The van der Waals surface area contributed by atoms with Gasteiger partial charge >= 0.3 is 6.61 Å². The number of alkyl halides is 2. The Bertz CT molecular complexity index is 589. The fourth-order valence-electron chi connectivity index (χ4n) is 2.71. The van der Waals surface area contributed by atoms with Crippen molar-refractivity contribution in [2.24, 2.45) is 0 Å². The van der Waals surface area contributed by atoms with E-state index in [9.17, 15) is 18.4 Å². The molecule has 0 aliphatic carbocycles. The topological polar surface area (TPSA) is 70.7 Å². The predicted octanol–water partition coefficient (Wildman–Crippen LogP) is 1.65. The number of nitrogens with one attached hydrogen (secondary N) is 2. The first-order valence-electron chi connectivity index (χ1n) is 7.81. The molecule has 25 heavy (non-hydrogen) atoms. The van der Waals surface area contributed by atoms with Gasteiger partial charge in [-0.25, -0.2) is 0 Å². The van der Waals surface area contributed by atoms with Crippen LogP contribution in [0.25, 0.3) is 0 Å². The van der Waals surface area contributed by atoms with E-state index in [0.717, 1.165) is 0 Å². The first-order chi connectivity index (χ1) is 11.5. The Labute approximate surface area is 151 Å². The summed E-state index contributed by atoms with van der Waals surface area (Å²) in [7, 11) is 1.78. The zero-order chi connectivity index (χ0) is 17.5. The highest BCUT2D eigenvalue weighted by atomic mass is 35.5. The van der Waals surface area contributed by atoms with E-state index in [2.05, 4.69) is 15.4 Å². The van der Waals surface area contributed by atoms with Gasteiger partial charge in [0.2, 0.25) is 5.91 Å². The molecule has 0 radical (unpaired) electrons. The molecular weight excluding hydrogens is 356 g/mol. The van der Waals surface area contributed by atoms with Crippen molar-refractivity contribution >= 4 is 24.2 Å². The van der Waals surface area contributed by atoms with E-state index in [1.165, 1.54) is 23.1 Å². The van der Waals surface area contributed by atoms with Crippen molar-refractivity contribution in [3.05, 3.63) is 29.8 Å². The zero-order valence-electron chi connectivity index (χ0n) is 13.8. The zero-order valence-corrected chi connectivity index (χ0v) is 14.7. The van der Waals surface area contributed by atoms with Crippen LogP contribution in [0.15, 0.2) is 24.3 Å². The lowest BCUT2D eigenvalue weighted by Gasteiger charge is -2.25.